The van der Waals surface area contributed by atoms with Crippen molar-refractivity contribution < 1.29 is 14.7 Å². The number of aliphatic hydroxyl groups is 1. The molecule has 1 saturated carbocycles. The highest BCUT2D eigenvalue weighted by molar-refractivity contribution is 6.39. The summed E-state index contributed by atoms with van der Waals surface area (Å²) in [5.74, 6) is -0.820. The number of carbonyl (C=O) groups is 2. The van der Waals surface area contributed by atoms with Gasteiger partial charge in [-0.15, -0.1) is 0 Å². The number of anilines is 1. The van der Waals surface area contributed by atoms with Gasteiger partial charge in [-0.1, -0.05) is 45.9 Å². The first-order valence-corrected chi connectivity index (χ1v) is 8.62. The third-order valence-electron chi connectivity index (χ3n) is 4.73. The highest BCUT2D eigenvalue weighted by Gasteiger charge is 2.42. The number of carbonyl (C=O) groups excluding carboxylic acids is 2. The summed E-state index contributed by atoms with van der Waals surface area (Å²) in [6.07, 6.45) is 1.78. The van der Waals surface area contributed by atoms with E-state index in [1.165, 1.54) is 0 Å². The number of nitrogens with one attached hydrogen (secondary N) is 2. The van der Waals surface area contributed by atoms with Crippen molar-refractivity contribution in [1.82, 2.24) is 5.32 Å². The Labute approximate surface area is 143 Å². The molecule has 24 heavy (non-hydrogen) atoms. The summed E-state index contributed by atoms with van der Waals surface area (Å²) >= 11 is 0. The van der Waals surface area contributed by atoms with Gasteiger partial charge in [-0.3, -0.25) is 9.59 Å². The maximum Gasteiger partial charge on any atom is 0.313 e. The van der Waals surface area contributed by atoms with Gasteiger partial charge >= 0.3 is 11.8 Å². The fourth-order valence-electron chi connectivity index (χ4n) is 2.78. The number of para-hydroxylation sites is 1. The Morgan fingerprint density at radius 3 is 2.04 bits per heavy atom. The SMILES string of the molecule is CC(C)c1cccc(C(C)C)c1NC(=O)C(=O)NCC1(CO)CC1. The Morgan fingerprint density at radius 2 is 1.62 bits per heavy atom. The molecular weight excluding hydrogens is 304 g/mol. The smallest absolute Gasteiger partial charge is 0.313 e. The lowest BCUT2D eigenvalue weighted by atomic mass is 9.92. The van der Waals surface area contributed by atoms with Gasteiger partial charge in [0.1, 0.15) is 0 Å². The van der Waals surface area contributed by atoms with Crippen LogP contribution in [0.3, 0.4) is 0 Å². The minimum Gasteiger partial charge on any atom is -0.396 e. The van der Waals surface area contributed by atoms with E-state index in [0.717, 1.165) is 29.7 Å². The van der Waals surface area contributed by atoms with E-state index in [1.807, 2.05) is 18.2 Å². The van der Waals surface area contributed by atoms with Crippen LogP contribution in [0.1, 0.15) is 63.5 Å². The van der Waals surface area contributed by atoms with Crippen LogP contribution >= 0.6 is 0 Å². The first kappa shape index (κ1) is 18.5. The van der Waals surface area contributed by atoms with Gasteiger partial charge in [-0.2, -0.15) is 0 Å². The molecule has 0 aromatic heterocycles. The van der Waals surface area contributed by atoms with Gasteiger partial charge in [-0.05, 0) is 35.8 Å². The quantitative estimate of drug-likeness (QED) is 0.701. The van der Waals surface area contributed by atoms with Crippen LogP contribution in [0.2, 0.25) is 0 Å². The van der Waals surface area contributed by atoms with Gasteiger partial charge in [0, 0.05) is 17.6 Å². The van der Waals surface area contributed by atoms with Gasteiger partial charge in [0.15, 0.2) is 0 Å². The number of aliphatic hydroxyl groups excluding tert-OH is 1. The molecule has 0 saturated heterocycles. The number of rotatable bonds is 6. The maximum atomic E-state index is 12.3. The summed E-state index contributed by atoms with van der Waals surface area (Å²) in [7, 11) is 0. The van der Waals surface area contributed by atoms with Crippen LogP contribution in [-0.4, -0.2) is 30.1 Å². The minimum atomic E-state index is -0.654. The van der Waals surface area contributed by atoms with Crippen LogP contribution in [0, 0.1) is 5.41 Å². The summed E-state index contributed by atoms with van der Waals surface area (Å²) < 4.78 is 0. The molecule has 1 fully saturated rings. The molecule has 0 unspecified atom stereocenters. The normalized spacial score (nSPS) is 15.5. The predicted octanol–water partition coefficient (Wildman–Crippen LogP) is 2.76. The van der Waals surface area contributed by atoms with Crippen molar-refractivity contribution in [3.63, 3.8) is 0 Å². The third-order valence-corrected chi connectivity index (χ3v) is 4.73. The van der Waals surface area contributed by atoms with E-state index in [1.54, 1.807) is 0 Å². The van der Waals surface area contributed by atoms with E-state index in [4.69, 9.17) is 0 Å². The van der Waals surface area contributed by atoms with E-state index in [-0.39, 0.29) is 23.9 Å². The second-order valence-electron chi connectivity index (χ2n) is 7.42. The average Bonchev–Trinajstić information content (AvgIpc) is 3.32. The molecule has 0 heterocycles. The van der Waals surface area contributed by atoms with Crippen LogP contribution in [0.5, 0.6) is 0 Å². The molecule has 5 heteroatoms. The van der Waals surface area contributed by atoms with E-state index < -0.39 is 11.8 Å². The van der Waals surface area contributed by atoms with Crippen molar-refractivity contribution in [2.24, 2.45) is 5.41 Å². The minimum absolute atomic E-state index is 0.0442. The summed E-state index contributed by atoms with van der Waals surface area (Å²) in [6, 6.07) is 5.95. The number of hydrogen-bond acceptors (Lipinski definition) is 3. The van der Waals surface area contributed by atoms with Crippen LogP contribution < -0.4 is 10.6 Å². The van der Waals surface area contributed by atoms with Crippen molar-refractivity contribution >= 4 is 17.5 Å². The zero-order chi connectivity index (χ0) is 17.9. The maximum absolute atomic E-state index is 12.3. The number of amides is 2. The highest BCUT2D eigenvalue weighted by Crippen LogP contribution is 2.44. The molecular formula is C19H28N2O3. The van der Waals surface area contributed by atoms with Crippen molar-refractivity contribution in [1.29, 1.82) is 0 Å². The molecule has 0 bridgehead atoms. The monoisotopic (exact) mass is 332 g/mol. The zero-order valence-corrected chi connectivity index (χ0v) is 15.0. The zero-order valence-electron chi connectivity index (χ0n) is 15.0. The molecule has 0 atom stereocenters. The number of hydrogen-bond donors (Lipinski definition) is 3. The molecule has 5 nitrogen and oxygen atoms in total. The third kappa shape index (κ3) is 4.15. The van der Waals surface area contributed by atoms with Crippen LogP contribution in [0.15, 0.2) is 18.2 Å². The second kappa shape index (κ2) is 7.34. The van der Waals surface area contributed by atoms with Gasteiger partial charge in [-0.25, -0.2) is 0 Å². The molecule has 0 radical (unpaired) electrons. The van der Waals surface area contributed by atoms with E-state index in [9.17, 15) is 14.7 Å². The summed E-state index contributed by atoms with van der Waals surface area (Å²) in [5.41, 5.74) is 2.58. The number of benzene rings is 1. The van der Waals surface area contributed by atoms with Gasteiger partial charge in [0.05, 0.1) is 6.61 Å². The lowest BCUT2D eigenvalue weighted by molar-refractivity contribution is -0.136. The fourth-order valence-corrected chi connectivity index (χ4v) is 2.78. The van der Waals surface area contributed by atoms with Crippen molar-refractivity contribution in [3.05, 3.63) is 29.3 Å². The van der Waals surface area contributed by atoms with Gasteiger partial charge < -0.3 is 15.7 Å². The largest absolute Gasteiger partial charge is 0.396 e. The molecule has 132 valence electrons. The summed E-state index contributed by atoms with van der Waals surface area (Å²) in [5, 5.41) is 14.7. The van der Waals surface area contributed by atoms with Crippen LogP contribution in [0.25, 0.3) is 0 Å². The van der Waals surface area contributed by atoms with Gasteiger partial charge in [0.2, 0.25) is 0 Å². The Kier molecular flexibility index (Phi) is 5.65. The predicted molar refractivity (Wildman–Crippen MR) is 95.0 cm³/mol. The lowest BCUT2D eigenvalue weighted by Gasteiger charge is -2.20. The molecule has 2 amide bonds. The second-order valence-corrected chi connectivity index (χ2v) is 7.42. The Morgan fingerprint density at radius 1 is 1.08 bits per heavy atom. The standard InChI is InChI=1S/C19H28N2O3/c1-12(2)14-6-5-7-15(13(3)4)16(14)21-18(24)17(23)20-10-19(11-22)8-9-19/h5-7,12-13,22H,8-11H2,1-4H3,(H,20,23)(H,21,24). The lowest BCUT2D eigenvalue weighted by Crippen LogP contribution is -2.39. The van der Waals surface area contributed by atoms with E-state index >= 15 is 0 Å². The molecule has 1 aliphatic rings. The van der Waals surface area contributed by atoms with Crippen molar-refractivity contribution in [3.8, 4) is 0 Å². The summed E-state index contributed by atoms with van der Waals surface area (Å²) in [6.45, 7) is 8.64. The first-order chi connectivity index (χ1) is 11.3. The highest BCUT2D eigenvalue weighted by atomic mass is 16.3. The molecule has 1 aliphatic carbocycles. The van der Waals surface area contributed by atoms with Crippen LogP contribution in [0.4, 0.5) is 5.69 Å². The van der Waals surface area contributed by atoms with Gasteiger partial charge in [0.25, 0.3) is 0 Å². The molecule has 3 N–H and O–H groups in total. The Hall–Kier alpha value is -1.88. The Bertz CT molecular complexity index is 593. The average molecular weight is 332 g/mol. The fraction of sp³-hybridized carbons (Fsp3) is 0.579. The van der Waals surface area contributed by atoms with Crippen molar-refractivity contribution in [2.45, 2.75) is 52.4 Å². The molecule has 1 aromatic carbocycles. The van der Waals surface area contributed by atoms with Crippen molar-refractivity contribution in [2.75, 3.05) is 18.5 Å². The van der Waals surface area contributed by atoms with E-state index in [0.29, 0.717) is 6.54 Å². The molecule has 0 spiro atoms. The molecule has 1 aromatic rings. The molecule has 0 aliphatic heterocycles. The summed E-state index contributed by atoms with van der Waals surface area (Å²) in [4.78, 5) is 24.4. The molecule has 2 rings (SSSR count). The van der Waals surface area contributed by atoms with E-state index in [2.05, 4.69) is 38.3 Å². The Balaban J connectivity index is 2.11. The topological polar surface area (TPSA) is 78.4 Å². The van der Waals surface area contributed by atoms with Crippen LogP contribution in [-0.2, 0) is 9.59 Å². The first-order valence-electron chi connectivity index (χ1n) is 8.62.